The molecular weight excluding hydrogens is 538 g/mol. The Balaban J connectivity index is 1.48. The van der Waals surface area contributed by atoms with Gasteiger partial charge in [0.15, 0.2) is 11.6 Å². The minimum absolute atomic E-state index is 0.303. The van der Waals surface area contributed by atoms with Crippen LogP contribution in [0.3, 0.4) is 0 Å². The van der Waals surface area contributed by atoms with Gasteiger partial charge >= 0.3 is 0 Å². The number of nitrogens with zero attached hydrogens (tertiary/aromatic N) is 2. The summed E-state index contributed by atoms with van der Waals surface area (Å²) in [4.78, 5) is 43.7. The molecule has 3 atom stereocenters. The molecule has 3 aliphatic rings. The van der Waals surface area contributed by atoms with Crippen LogP contribution in [0.5, 0.6) is 5.75 Å². The Morgan fingerprint density at radius 2 is 1.51 bits per heavy atom. The first-order chi connectivity index (χ1) is 19.9. The van der Waals surface area contributed by atoms with E-state index in [0.717, 1.165) is 11.1 Å². The van der Waals surface area contributed by atoms with E-state index in [9.17, 15) is 14.4 Å². The monoisotopic (exact) mass is 561 g/mol. The van der Waals surface area contributed by atoms with Gasteiger partial charge < -0.3 is 10.1 Å². The van der Waals surface area contributed by atoms with Crippen molar-refractivity contribution >= 4 is 41.0 Å². The molecule has 0 unspecified atom stereocenters. The molecule has 2 aliphatic heterocycles. The zero-order chi connectivity index (χ0) is 28.3. The maximum atomic E-state index is 14.7. The van der Waals surface area contributed by atoms with Gasteiger partial charge in [0.2, 0.25) is 5.91 Å². The number of rotatable bonds is 4. The van der Waals surface area contributed by atoms with Crippen molar-refractivity contribution in [3.8, 4) is 5.75 Å². The number of halogens is 1. The zero-order valence-corrected chi connectivity index (χ0v) is 22.7. The van der Waals surface area contributed by atoms with Crippen molar-refractivity contribution in [1.82, 2.24) is 5.01 Å². The summed E-state index contributed by atoms with van der Waals surface area (Å²) in [5, 5.41) is 9.93. The van der Waals surface area contributed by atoms with E-state index in [1.54, 1.807) is 79.0 Å². The maximum Gasteiger partial charge on any atom is 0.249 e. The molecule has 2 heterocycles. The van der Waals surface area contributed by atoms with Crippen LogP contribution in [-0.4, -0.2) is 41.8 Å². The molecule has 7 nitrogen and oxygen atoms in total. The number of carbonyl (C=O) groups is 3. The number of hydrazone groups is 1. The molecule has 1 spiro atoms. The van der Waals surface area contributed by atoms with Gasteiger partial charge in [0.25, 0.3) is 0 Å². The summed E-state index contributed by atoms with van der Waals surface area (Å²) in [6.07, 6.45) is 1.69. The van der Waals surface area contributed by atoms with Gasteiger partial charge in [-0.2, -0.15) is 5.10 Å². The van der Waals surface area contributed by atoms with E-state index in [4.69, 9.17) is 21.4 Å². The Morgan fingerprint density at radius 1 is 0.878 bits per heavy atom. The molecule has 0 radical (unpaired) electrons. The van der Waals surface area contributed by atoms with Gasteiger partial charge in [-0.1, -0.05) is 72.3 Å². The number of hydrogen-bond donors (Lipinski definition) is 1. The molecule has 7 rings (SSSR count). The highest BCUT2D eigenvalue weighted by Crippen LogP contribution is 2.64. The van der Waals surface area contributed by atoms with Crippen molar-refractivity contribution in [2.45, 2.75) is 18.0 Å². The third-order valence-corrected chi connectivity index (χ3v) is 8.68. The van der Waals surface area contributed by atoms with E-state index in [0.29, 0.717) is 33.1 Å². The number of methoxy groups -OCH3 is 1. The number of ether oxygens (including phenoxy) is 1. The first-order valence-electron chi connectivity index (χ1n) is 13.3. The van der Waals surface area contributed by atoms with E-state index in [1.807, 2.05) is 36.4 Å². The number of amides is 1. The van der Waals surface area contributed by atoms with E-state index in [-0.39, 0.29) is 17.5 Å². The minimum atomic E-state index is -1.63. The Kier molecular flexibility index (Phi) is 5.80. The molecule has 0 aromatic heterocycles. The molecule has 202 valence electrons. The second-order valence-corrected chi connectivity index (χ2v) is 10.9. The summed E-state index contributed by atoms with van der Waals surface area (Å²) in [6, 6.07) is 26.7. The van der Waals surface area contributed by atoms with Crippen LogP contribution in [-0.2, 0) is 4.79 Å². The molecule has 1 amide bonds. The summed E-state index contributed by atoms with van der Waals surface area (Å²) in [7, 11) is 1.57. The van der Waals surface area contributed by atoms with Crippen LogP contribution in [0, 0.1) is 5.41 Å². The van der Waals surface area contributed by atoms with E-state index < -0.39 is 23.4 Å². The Morgan fingerprint density at radius 3 is 2.17 bits per heavy atom. The Bertz CT molecular complexity index is 1710. The highest BCUT2D eigenvalue weighted by molar-refractivity contribution is 6.31. The Hall–Kier alpha value is -4.75. The van der Waals surface area contributed by atoms with Crippen molar-refractivity contribution in [3.63, 3.8) is 0 Å². The van der Waals surface area contributed by atoms with Gasteiger partial charge in [0.1, 0.15) is 17.2 Å². The summed E-state index contributed by atoms with van der Waals surface area (Å²) < 4.78 is 5.39. The lowest BCUT2D eigenvalue weighted by atomic mass is 9.63. The first kappa shape index (κ1) is 25.2. The molecule has 1 N–H and O–H groups in total. The smallest absolute Gasteiger partial charge is 0.249 e. The summed E-state index contributed by atoms with van der Waals surface area (Å²) in [6.45, 7) is 0. The average Bonchev–Trinajstić information content (AvgIpc) is 3.44. The summed E-state index contributed by atoms with van der Waals surface area (Å²) in [5.74, 6) is -1.23. The zero-order valence-electron chi connectivity index (χ0n) is 22.0. The molecule has 1 aliphatic carbocycles. The number of fused-ring (bicyclic) bond motifs is 5. The fraction of sp³-hybridized carbons (Fsp3) is 0.152. The Labute approximate surface area is 241 Å². The summed E-state index contributed by atoms with van der Waals surface area (Å²) >= 11 is 6.08. The fourth-order valence-corrected chi connectivity index (χ4v) is 6.84. The van der Waals surface area contributed by atoms with Crippen molar-refractivity contribution in [2.24, 2.45) is 10.5 Å². The number of benzene rings is 4. The third kappa shape index (κ3) is 3.59. The lowest BCUT2D eigenvalue weighted by molar-refractivity contribution is -0.121. The van der Waals surface area contributed by atoms with Crippen LogP contribution in [0.15, 0.2) is 102 Å². The van der Waals surface area contributed by atoms with Crippen molar-refractivity contribution in [2.75, 3.05) is 12.4 Å². The molecule has 1 saturated heterocycles. The minimum Gasteiger partial charge on any atom is -0.497 e. The molecule has 0 bridgehead atoms. The van der Waals surface area contributed by atoms with E-state index in [2.05, 4.69) is 5.32 Å². The highest BCUT2D eigenvalue weighted by Gasteiger charge is 2.72. The van der Waals surface area contributed by atoms with Crippen LogP contribution in [0.25, 0.3) is 0 Å². The van der Waals surface area contributed by atoms with Crippen molar-refractivity contribution < 1.29 is 19.1 Å². The molecular formula is C33H24ClN3O4. The van der Waals surface area contributed by atoms with Crippen LogP contribution < -0.4 is 10.1 Å². The molecule has 41 heavy (non-hydrogen) atoms. The predicted molar refractivity (Wildman–Crippen MR) is 156 cm³/mol. The average molecular weight is 562 g/mol. The molecule has 4 aromatic rings. The lowest BCUT2D eigenvalue weighted by Crippen LogP contribution is -2.44. The second-order valence-electron chi connectivity index (χ2n) is 10.4. The number of ketones is 2. The van der Waals surface area contributed by atoms with Crippen LogP contribution >= 0.6 is 11.6 Å². The molecule has 8 heteroatoms. The van der Waals surface area contributed by atoms with Gasteiger partial charge in [-0.25, -0.2) is 0 Å². The summed E-state index contributed by atoms with van der Waals surface area (Å²) in [5.41, 5.74) is 1.88. The fourth-order valence-electron chi connectivity index (χ4n) is 6.71. The number of anilines is 1. The topological polar surface area (TPSA) is 88.1 Å². The molecule has 4 aromatic carbocycles. The van der Waals surface area contributed by atoms with E-state index >= 15 is 0 Å². The number of hydrogen-bond acceptors (Lipinski definition) is 6. The number of carbonyl (C=O) groups excluding carboxylic acids is 3. The standard InChI is InChI=1S/C33H24ClN3O4/c1-41-23-16-10-19(11-17-23)27-28(32(40)36-22-14-12-21(34)13-15-22)37-29(24-7-3-2-6-20(24)18-35-37)33(27)30(38)25-8-4-5-9-26(25)31(33)39/h2-18,27-29H,1H3,(H,36,40)/t27-,28+,29+/m1/s1. The van der Waals surface area contributed by atoms with Crippen molar-refractivity contribution in [3.05, 3.63) is 130 Å². The molecule has 0 saturated carbocycles. The maximum absolute atomic E-state index is 14.7. The quantitative estimate of drug-likeness (QED) is 0.313. The first-order valence-corrected chi connectivity index (χ1v) is 13.6. The van der Waals surface area contributed by atoms with Crippen molar-refractivity contribution in [1.29, 1.82) is 0 Å². The van der Waals surface area contributed by atoms with Crippen LogP contribution in [0.4, 0.5) is 5.69 Å². The van der Waals surface area contributed by atoms with Gasteiger partial charge in [0, 0.05) is 27.8 Å². The third-order valence-electron chi connectivity index (χ3n) is 8.43. The SMILES string of the molecule is COc1ccc([C@@H]2[C@@H](C(=O)Nc3ccc(Cl)cc3)N3N=Cc4ccccc4[C@H]3C23C(=O)c2ccccc2C3=O)cc1. The van der Waals surface area contributed by atoms with Crippen LogP contribution in [0.2, 0.25) is 5.02 Å². The molecule has 1 fully saturated rings. The van der Waals surface area contributed by atoms with Gasteiger partial charge in [-0.05, 0) is 53.1 Å². The normalized spacial score (nSPS) is 21.4. The van der Waals surface area contributed by atoms with Crippen LogP contribution in [0.1, 0.15) is 49.4 Å². The van der Waals surface area contributed by atoms with E-state index in [1.165, 1.54) is 0 Å². The van der Waals surface area contributed by atoms with Gasteiger partial charge in [-0.15, -0.1) is 0 Å². The predicted octanol–water partition coefficient (Wildman–Crippen LogP) is 5.91. The highest BCUT2D eigenvalue weighted by atomic mass is 35.5. The second kappa shape index (κ2) is 9.42. The number of Topliss-reactive ketones (excluding diaryl/α,β-unsaturated/α-hetero) is 2. The number of nitrogens with one attached hydrogen (secondary N) is 1. The largest absolute Gasteiger partial charge is 0.497 e. The lowest BCUT2D eigenvalue weighted by Gasteiger charge is -2.36. The van der Waals surface area contributed by atoms with Gasteiger partial charge in [0.05, 0.1) is 19.4 Å². The van der Waals surface area contributed by atoms with Gasteiger partial charge in [-0.3, -0.25) is 19.4 Å².